The van der Waals surface area contributed by atoms with Crippen molar-refractivity contribution in [1.82, 2.24) is 20.5 Å². The van der Waals surface area contributed by atoms with Crippen molar-refractivity contribution in [3.8, 4) is 0 Å². The van der Waals surface area contributed by atoms with E-state index in [1.54, 1.807) is 12.1 Å². The predicted molar refractivity (Wildman–Crippen MR) is 77.1 cm³/mol. The van der Waals surface area contributed by atoms with Crippen molar-refractivity contribution in [1.29, 1.82) is 0 Å². The van der Waals surface area contributed by atoms with E-state index in [0.29, 0.717) is 12.3 Å². The molecule has 0 amide bonds. The number of hydrogen-bond acceptors (Lipinski definition) is 5. The molecule has 1 aromatic carbocycles. The Kier molecular flexibility index (Phi) is 3.92. The molecule has 1 aliphatic rings. The molecule has 0 atom stereocenters. The molecule has 0 bridgehead atoms. The summed E-state index contributed by atoms with van der Waals surface area (Å²) in [5.74, 6) is 2.11. The number of hydrogen-bond donors (Lipinski definition) is 2. The molecule has 1 aromatic heterocycles. The lowest BCUT2D eigenvalue weighted by Gasteiger charge is -2.19. The van der Waals surface area contributed by atoms with Crippen molar-refractivity contribution in [3.05, 3.63) is 51.6 Å². The van der Waals surface area contributed by atoms with Crippen molar-refractivity contribution in [2.75, 3.05) is 13.1 Å². The van der Waals surface area contributed by atoms with Crippen LogP contribution in [0.2, 0.25) is 0 Å². The van der Waals surface area contributed by atoms with Gasteiger partial charge in [-0.05, 0) is 31.5 Å². The second kappa shape index (κ2) is 6.01. The quantitative estimate of drug-likeness (QED) is 0.660. The van der Waals surface area contributed by atoms with Crippen LogP contribution in [0.4, 0.5) is 5.69 Å². The van der Waals surface area contributed by atoms with Crippen molar-refractivity contribution in [2.45, 2.75) is 25.2 Å². The van der Waals surface area contributed by atoms with Crippen LogP contribution in [-0.2, 0) is 6.42 Å². The SMILES string of the molecule is O=[N+]([O-])c1ccc(Cc2nc(C3CCNCC3)n[nH]2)cc1. The smallest absolute Gasteiger partial charge is 0.269 e. The average molecular weight is 287 g/mol. The summed E-state index contributed by atoms with van der Waals surface area (Å²) in [7, 11) is 0. The highest BCUT2D eigenvalue weighted by molar-refractivity contribution is 5.33. The van der Waals surface area contributed by atoms with E-state index in [-0.39, 0.29) is 5.69 Å². The first-order chi connectivity index (χ1) is 10.2. The van der Waals surface area contributed by atoms with E-state index in [1.165, 1.54) is 12.1 Å². The van der Waals surface area contributed by atoms with E-state index in [0.717, 1.165) is 43.1 Å². The van der Waals surface area contributed by atoms with Crippen LogP contribution in [0.1, 0.15) is 36.0 Å². The zero-order valence-electron chi connectivity index (χ0n) is 11.6. The van der Waals surface area contributed by atoms with Gasteiger partial charge < -0.3 is 5.32 Å². The van der Waals surface area contributed by atoms with Gasteiger partial charge in [0.05, 0.1) is 4.92 Å². The zero-order chi connectivity index (χ0) is 14.7. The molecular formula is C14H17N5O2. The van der Waals surface area contributed by atoms with Gasteiger partial charge in [-0.2, -0.15) is 5.10 Å². The molecule has 2 N–H and O–H groups in total. The third kappa shape index (κ3) is 3.25. The first-order valence-electron chi connectivity index (χ1n) is 7.07. The van der Waals surface area contributed by atoms with Crippen LogP contribution >= 0.6 is 0 Å². The molecule has 110 valence electrons. The summed E-state index contributed by atoms with van der Waals surface area (Å²) >= 11 is 0. The summed E-state index contributed by atoms with van der Waals surface area (Å²) in [5.41, 5.74) is 1.08. The molecule has 0 spiro atoms. The Morgan fingerprint density at radius 3 is 2.62 bits per heavy atom. The van der Waals surface area contributed by atoms with Gasteiger partial charge >= 0.3 is 0 Å². The third-order valence-corrected chi connectivity index (χ3v) is 3.77. The second-order valence-corrected chi connectivity index (χ2v) is 5.26. The fraction of sp³-hybridized carbons (Fsp3) is 0.429. The number of nitro groups is 1. The lowest BCUT2D eigenvalue weighted by molar-refractivity contribution is -0.384. The Morgan fingerprint density at radius 2 is 1.95 bits per heavy atom. The number of benzene rings is 1. The number of H-pyrrole nitrogens is 1. The third-order valence-electron chi connectivity index (χ3n) is 3.77. The van der Waals surface area contributed by atoms with Crippen molar-refractivity contribution < 1.29 is 4.92 Å². The molecular weight excluding hydrogens is 270 g/mol. The number of aromatic nitrogens is 3. The zero-order valence-corrected chi connectivity index (χ0v) is 11.6. The summed E-state index contributed by atoms with van der Waals surface area (Å²) in [6, 6.07) is 6.54. The number of aromatic amines is 1. The standard InChI is InChI=1S/C14H17N5O2/c20-19(21)12-3-1-10(2-4-12)9-13-16-14(18-17-13)11-5-7-15-8-6-11/h1-4,11,15H,5-9H2,(H,16,17,18). The Morgan fingerprint density at radius 1 is 1.24 bits per heavy atom. The van der Waals surface area contributed by atoms with E-state index in [4.69, 9.17) is 0 Å². The van der Waals surface area contributed by atoms with Crippen molar-refractivity contribution in [3.63, 3.8) is 0 Å². The van der Waals surface area contributed by atoms with Crippen LogP contribution in [0, 0.1) is 10.1 Å². The molecule has 7 heteroatoms. The lowest BCUT2D eigenvalue weighted by Crippen LogP contribution is -2.27. The molecule has 2 aromatic rings. The highest BCUT2D eigenvalue weighted by atomic mass is 16.6. The van der Waals surface area contributed by atoms with Gasteiger partial charge in [-0.15, -0.1) is 0 Å². The van der Waals surface area contributed by atoms with Gasteiger partial charge in [0.1, 0.15) is 5.82 Å². The van der Waals surface area contributed by atoms with Crippen LogP contribution in [0.15, 0.2) is 24.3 Å². The van der Waals surface area contributed by atoms with Crippen LogP contribution in [0.3, 0.4) is 0 Å². The monoisotopic (exact) mass is 287 g/mol. The minimum atomic E-state index is -0.395. The lowest BCUT2D eigenvalue weighted by atomic mass is 9.98. The van der Waals surface area contributed by atoms with Crippen LogP contribution in [-0.4, -0.2) is 33.2 Å². The minimum absolute atomic E-state index is 0.103. The fourth-order valence-electron chi connectivity index (χ4n) is 2.58. The van der Waals surface area contributed by atoms with Gasteiger partial charge in [-0.3, -0.25) is 15.2 Å². The highest BCUT2D eigenvalue weighted by Gasteiger charge is 2.19. The molecule has 1 aliphatic heterocycles. The normalized spacial score (nSPS) is 16.0. The number of non-ortho nitro benzene ring substituents is 1. The van der Waals surface area contributed by atoms with E-state index in [9.17, 15) is 10.1 Å². The van der Waals surface area contributed by atoms with Crippen molar-refractivity contribution >= 4 is 5.69 Å². The number of rotatable bonds is 4. The van der Waals surface area contributed by atoms with Crippen molar-refractivity contribution in [2.24, 2.45) is 0 Å². The largest absolute Gasteiger partial charge is 0.317 e. The maximum absolute atomic E-state index is 10.6. The molecule has 3 rings (SSSR count). The molecule has 2 heterocycles. The summed E-state index contributed by atoms with van der Waals surface area (Å²) in [4.78, 5) is 14.8. The first kappa shape index (κ1) is 13.7. The summed E-state index contributed by atoms with van der Waals surface area (Å²) in [6.45, 7) is 2.02. The summed E-state index contributed by atoms with van der Waals surface area (Å²) in [5, 5.41) is 21.2. The van der Waals surface area contributed by atoms with Gasteiger partial charge in [-0.1, -0.05) is 12.1 Å². The first-order valence-corrected chi connectivity index (χ1v) is 7.07. The highest BCUT2D eigenvalue weighted by Crippen LogP contribution is 2.22. The van der Waals surface area contributed by atoms with Crippen LogP contribution in [0.5, 0.6) is 0 Å². The van der Waals surface area contributed by atoms with Gasteiger partial charge in [0.2, 0.25) is 0 Å². The number of nitrogens with one attached hydrogen (secondary N) is 2. The number of nitrogens with zero attached hydrogens (tertiary/aromatic N) is 3. The molecule has 7 nitrogen and oxygen atoms in total. The average Bonchev–Trinajstić information content (AvgIpc) is 2.97. The maximum Gasteiger partial charge on any atom is 0.269 e. The molecule has 21 heavy (non-hydrogen) atoms. The summed E-state index contributed by atoms with van der Waals surface area (Å²) < 4.78 is 0. The van der Waals surface area contributed by atoms with E-state index >= 15 is 0 Å². The Balaban J connectivity index is 1.67. The fourth-order valence-corrected chi connectivity index (χ4v) is 2.58. The van der Waals surface area contributed by atoms with Gasteiger partial charge in [0.15, 0.2) is 5.82 Å². The van der Waals surface area contributed by atoms with E-state index in [2.05, 4.69) is 20.5 Å². The topological polar surface area (TPSA) is 96.7 Å². The molecule has 0 unspecified atom stereocenters. The summed E-state index contributed by atoms with van der Waals surface area (Å²) in [6.07, 6.45) is 2.74. The second-order valence-electron chi connectivity index (χ2n) is 5.26. The minimum Gasteiger partial charge on any atom is -0.317 e. The van der Waals surface area contributed by atoms with Crippen LogP contribution in [0.25, 0.3) is 0 Å². The van der Waals surface area contributed by atoms with E-state index < -0.39 is 4.92 Å². The Bertz CT molecular complexity index is 617. The number of nitro benzene ring substituents is 1. The maximum atomic E-state index is 10.6. The molecule has 1 fully saturated rings. The predicted octanol–water partition coefficient (Wildman–Crippen LogP) is 1.77. The Labute approximate surface area is 121 Å². The number of piperidine rings is 1. The molecule has 0 saturated carbocycles. The molecule has 1 saturated heterocycles. The van der Waals surface area contributed by atoms with E-state index in [1.807, 2.05) is 0 Å². The molecule has 0 radical (unpaired) electrons. The van der Waals surface area contributed by atoms with Gasteiger partial charge in [-0.25, -0.2) is 4.98 Å². The Hall–Kier alpha value is -2.28. The van der Waals surface area contributed by atoms with Gasteiger partial charge in [0.25, 0.3) is 5.69 Å². The van der Waals surface area contributed by atoms with Gasteiger partial charge in [0, 0.05) is 24.5 Å². The molecule has 0 aliphatic carbocycles. The van der Waals surface area contributed by atoms with Crippen LogP contribution < -0.4 is 5.32 Å².